The van der Waals surface area contributed by atoms with Crippen LogP contribution in [0.1, 0.15) is 30.0 Å². The Morgan fingerprint density at radius 3 is 2.41 bits per heavy atom. The molecule has 0 nitrogen and oxygen atoms in total. The highest BCUT2D eigenvalue weighted by molar-refractivity contribution is 5.95. The molecule has 0 aliphatic carbocycles. The van der Waals surface area contributed by atoms with Gasteiger partial charge in [0.15, 0.2) is 0 Å². The Bertz CT molecular complexity index is 562. The van der Waals surface area contributed by atoms with Gasteiger partial charge < -0.3 is 0 Å². The fraction of sp³-hybridized carbons (Fsp3) is 0.176. The van der Waals surface area contributed by atoms with Gasteiger partial charge in [0, 0.05) is 0 Å². The molecule has 2 aromatic rings. The summed E-state index contributed by atoms with van der Waals surface area (Å²) in [4.78, 5) is 0. The van der Waals surface area contributed by atoms with Gasteiger partial charge in [-0.15, -0.1) is 0 Å². The van der Waals surface area contributed by atoms with Crippen LogP contribution in [-0.4, -0.2) is 0 Å². The first kappa shape index (κ1) is 11.7. The van der Waals surface area contributed by atoms with E-state index in [2.05, 4.69) is 50.4 Å². The maximum atomic E-state index is 3.94. The Morgan fingerprint density at radius 2 is 1.76 bits per heavy atom. The number of hydrogen-bond acceptors (Lipinski definition) is 0. The lowest BCUT2D eigenvalue weighted by atomic mass is 9.92. The average Bonchev–Trinajstić information content (AvgIpc) is 2.37. The Kier molecular flexibility index (Phi) is 3.43. The van der Waals surface area contributed by atoms with E-state index >= 15 is 0 Å². The number of rotatable bonds is 4. The first-order valence-electron chi connectivity index (χ1n) is 6.11. The van der Waals surface area contributed by atoms with Gasteiger partial charge in [-0.1, -0.05) is 69.0 Å². The lowest BCUT2D eigenvalue weighted by Crippen LogP contribution is -1.93. The second kappa shape index (κ2) is 5.01. The molecule has 2 rings (SSSR count). The molecule has 0 aromatic heterocycles. The molecule has 0 aliphatic rings. The van der Waals surface area contributed by atoms with Crippen molar-refractivity contribution in [1.29, 1.82) is 0 Å². The van der Waals surface area contributed by atoms with Crippen molar-refractivity contribution in [2.45, 2.75) is 19.8 Å². The van der Waals surface area contributed by atoms with Crippen LogP contribution >= 0.6 is 0 Å². The molecular weight excluding hydrogens is 204 g/mol. The molecule has 0 aliphatic heterocycles. The molecule has 0 fully saturated rings. The largest absolute Gasteiger partial charge is 0.0984 e. The summed E-state index contributed by atoms with van der Waals surface area (Å²) in [5.74, 6) is 0. The van der Waals surface area contributed by atoms with Crippen LogP contribution in [0.25, 0.3) is 22.9 Å². The summed E-state index contributed by atoms with van der Waals surface area (Å²) in [6, 6.07) is 10.7. The van der Waals surface area contributed by atoms with Gasteiger partial charge in [0.1, 0.15) is 0 Å². The highest BCUT2D eigenvalue weighted by atomic mass is 14.1. The summed E-state index contributed by atoms with van der Waals surface area (Å²) in [7, 11) is 0. The molecule has 0 unspecified atom stereocenters. The van der Waals surface area contributed by atoms with E-state index in [9.17, 15) is 0 Å². The summed E-state index contributed by atoms with van der Waals surface area (Å²) in [5, 5.41) is 2.55. The van der Waals surface area contributed by atoms with Crippen LogP contribution in [0.4, 0.5) is 0 Å². The normalized spacial score (nSPS) is 10.4. The predicted octanol–water partition coefficient (Wildman–Crippen LogP) is 5.08. The Labute approximate surface area is 103 Å². The fourth-order valence-corrected chi connectivity index (χ4v) is 2.39. The van der Waals surface area contributed by atoms with Crippen LogP contribution in [-0.2, 0) is 6.42 Å². The molecule has 0 saturated heterocycles. The predicted molar refractivity (Wildman–Crippen MR) is 78.1 cm³/mol. The molecule has 86 valence electrons. The minimum absolute atomic E-state index is 1.09. The summed E-state index contributed by atoms with van der Waals surface area (Å²) in [6.07, 6.45) is 6.13. The molecule has 17 heavy (non-hydrogen) atoms. The first-order chi connectivity index (χ1) is 8.31. The van der Waals surface area contributed by atoms with E-state index in [0.29, 0.717) is 0 Å². The molecule has 0 saturated carbocycles. The van der Waals surface area contributed by atoms with Gasteiger partial charge in [0.05, 0.1) is 0 Å². The molecule has 0 spiro atoms. The minimum Gasteiger partial charge on any atom is -0.0984 e. The average molecular weight is 222 g/mol. The van der Waals surface area contributed by atoms with Crippen LogP contribution < -0.4 is 0 Å². The van der Waals surface area contributed by atoms with Gasteiger partial charge in [-0.3, -0.25) is 0 Å². The first-order valence-corrected chi connectivity index (χ1v) is 6.11. The third kappa shape index (κ3) is 2.03. The number of fused-ring (bicyclic) bond motifs is 1. The van der Waals surface area contributed by atoms with Crippen molar-refractivity contribution in [3.63, 3.8) is 0 Å². The fourth-order valence-electron chi connectivity index (χ4n) is 2.39. The van der Waals surface area contributed by atoms with Crippen molar-refractivity contribution in [2.75, 3.05) is 0 Å². The second-order valence-corrected chi connectivity index (χ2v) is 4.24. The molecule has 2 aromatic carbocycles. The van der Waals surface area contributed by atoms with Gasteiger partial charge in [-0.2, -0.15) is 0 Å². The zero-order valence-electron chi connectivity index (χ0n) is 10.4. The van der Waals surface area contributed by atoms with Crippen LogP contribution in [0.2, 0.25) is 0 Å². The van der Waals surface area contributed by atoms with Gasteiger partial charge in [0.25, 0.3) is 0 Å². The Balaban J connectivity index is 2.82. The second-order valence-electron chi connectivity index (χ2n) is 4.24. The van der Waals surface area contributed by atoms with Crippen molar-refractivity contribution in [2.24, 2.45) is 0 Å². The van der Waals surface area contributed by atoms with Crippen LogP contribution in [0.5, 0.6) is 0 Å². The van der Waals surface area contributed by atoms with E-state index in [1.807, 2.05) is 12.2 Å². The van der Waals surface area contributed by atoms with Crippen molar-refractivity contribution in [1.82, 2.24) is 0 Å². The van der Waals surface area contributed by atoms with Gasteiger partial charge in [-0.05, 0) is 33.9 Å². The third-order valence-corrected chi connectivity index (χ3v) is 3.14. The summed E-state index contributed by atoms with van der Waals surface area (Å²) in [6.45, 7) is 10.1. The van der Waals surface area contributed by atoms with E-state index in [0.717, 1.165) is 12.8 Å². The van der Waals surface area contributed by atoms with Crippen molar-refractivity contribution < 1.29 is 0 Å². The minimum atomic E-state index is 1.09. The molecule has 0 atom stereocenters. The summed E-state index contributed by atoms with van der Waals surface area (Å²) < 4.78 is 0. The lowest BCUT2D eigenvalue weighted by molar-refractivity contribution is 0.921. The molecule has 0 heteroatoms. The lowest BCUT2D eigenvalue weighted by Gasteiger charge is -2.12. The van der Waals surface area contributed by atoms with Gasteiger partial charge >= 0.3 is 0 Å². The quantitative estimate of drug-likeness (QED) is 0.676. The summed E-state index contributed by atoms with van der Waals surface area (Å²) in [5.41, 5.74) is 3.82. The molecule has 0 amide bonds. The van der Waals surface area contributed by atoms with Crippen LogP contribution in [0.15, 0.2) is 43.5 Å². The molecule has 0 bridgehead atoms. The van der Waals surface area contributed by atoms with E-state index in [1.165, 1.54) is 27.5 Å². The van der Waals surface area contributed by atoms with E-state index in [1.54, 1.807) is 0 Å². The summed E-state index contributed by atoms with van der Waals surface area (Å²) >= 11 is 0. The van der Waals surface area contributed by atoms with Gasteiger partial charge in [0.2, 0.25) is 0 Å². The van der Waals surface area contributed by atoms with Crippen LogP contribution in [0, 0.1) is 0 Å². The third-order valence-electron chi connectivity index (χ3n) is 3.14. The highest BCUT2D eigenvalue weighted by Crippen LogP contribution is 2.28. The van der Waals surface area contributed by atoms with Crippen molar-refractivity contribution in [3.05, 3.63) is 60.2 Å². The molecule has 0 N–H and O–H groups in total. The molecular formula is C17H18. The van der Waals surface area contributed by atoms with Crippen LogP contribution in [0.3, 0.4) is 0 Å². The number of benzene rings is 2. The smallest absolute Gasteiger partial charge is 0.0105 e. The topological polar surface area (TPSA) is 0 Å². The van der Waals surface area contributed by atoms with E-state index < -0.39 is 0 Å². The standard InChI is InChI=1S/C17H18/c1-4-9-13-12-14-10-7-8-11-17(14)16(6-3)15(13)5-2/h5-8,10-12H,2-4,9H2,1H3. The zero-order chi connectivity index (χ0) is 12.3. The van der Waals surface area contributed by atoms with Crippen molar-refractivity contribution in [3.8, 4) is 0 Å². The maximum Gasteiger partial charge on any atom is -0.0105 e. The van der Waals surface area contributed by atoms with E-state index in [-0.39, 0.29) is 0 Å². The van der Waals surface area contributed by atoms with E-state index in [4.69, 9.17) is 0 Å². The zero-order valence-corrected chi connectivity index (χ0v) is 10.4. The van der Waals surface area contributed by atoms with Crippen molar-refractivity contribution >= 4 is 22.9 Å². The SMILES string of the molecule is C=Cc1c(CCC)cc2ccccc2c1C=C. The van der Waals surface area contributed by atoms with Gasteiger partial charge in [-0.25, -0.2) is 0 Å². The monoisotopic (exact) mass is 222 g/mol. The Morgan fingerprint density at radius 1 is 1.06 bits per heavy atom. The molecule has 0 radical (unpaired) electrons. The highest BCUT2D eigenvalue weighted by Gasteiger charge is 2.07. The number of aryl methyl sites for hydroxylation is 1. The molecule has 0 heterocycles. The maximum absolute atomic E-state index is 3.94. The Hall–Kier alpha value is -1.82. The number of hydrogen-bond donors (Lipinski definition) is 0.